The van der Waals surface area contributed by atoms with E-state index in [4.69, 9.17) is 4.43 Å². The van der Waals surface area contributed by atoms with Crippen molar-refractivity contribution in [3.05, 3.63) is 77.4 Å². The lowest BCUT2D eigenvalue weighted by Crippen LogP contribution is -2.45. The Labute approximate surface area is 217 Å². The maximum atomic E-state index is 13.2. The molecule has 2 aromatic rings. The Balaban J connectivity index is 1.64. The quantitative estimate of drug-likeness (QED) is 0.341. The number of hydrogen-bond acceptors (Lipinski definition) is 3. The summed E-state index contributed by atoms with van der Waals surface area (Å²) in [6.07, 6.45) is -1.21. The van der Waals surface area contributed by atoms with Crippen molar-refractivity contribution >= 4 is 26.2 Å². The highest BCUT2D eigenvalue weighted by molar-refractivity contribution is 6.74. The van der Waals surface area contributed by atoms with E-state index in [2.05, 4.69) is 39.2 Å². The van der Waals surface area contributed by atoms with Gasteiger partial charge in [-0.1, -0.05) is 63.2 Å². The Morgan fingerprint density at radius 3 is 2.24 bits per heavy atom. The molecule has 3 rings (SSSR count). The van der Waals surface area contributed by atoms with Crippen LogP contribution < -0.4 is 5.32 Å². The fraction of sp³-hybridized carbons (Fsp3) is 0.429. The van der Waals surface area contributed by atoms with E-state index < -0.39 is 26.0 Å². The zero-order chi connectivity index (χ0) is 27.4. The standard InChI is InChI=1S/C28H35F3N2O3Si/c1-27(2,3)37(4,5)36-23-17-24(21-9-7-6-8-10-21)33(19-23)26(35)18-32-25(34)16-13-20-11-14-22(15-12-20)28(29,30)31/h6-16,23-24H,17-19H2,1-5H3,(H,32,34)/b16-13+/t23-,24-/m1/s1. The number of rotatable bonds is 7. The van der Waals surface area contributed by atoms with Gasteiger partial charge in [0.2, 0.25) is 11.8 Å². The van der Waals surface area contributed by atoms with E-state index in [-0.39, 0.29) is 29.6 Å². The largest absolute Gasteiger partial charge is 0.416 e. The van der Waals surface area contributed by atoms with Crippen molar-refractivity contribution in [3.63, 3.8) is 0 Å². The number of likely N-dealkylation sites (tertiary alicyclic amines) is 1. The van der Waals surface area contributed by atoms with Crippen LogP contribution in [0.4, 0.5) is 13.2 Å². The van der Waals surface area contributed by atoms with Crippen LogP contribution in [-0.2, 0) is 20.2 Å². The number of carbonyl (C=O) groups excluding carboxylic acids is 2. The van der Waals surface area contributed by atoms with E-state index in [0.29, 0.717) is 18.5 Å². The summed E-state index contributed by atoms with van der Waals surface area (Å²) in [4.78, 5) is 27.3. The van der Waals surface area contributed by atoms with Crippen LogP contribution >= 0.6 is 0 Å². The van der Waals surface area contributed by atoms with Gasteiger partial charge in [-0.05, 0) is 53.9 Å². The summed E-state index contributed by atoms with van der Waals surface area (Å²) in [5, 5.41) is 2.64. The lowest BCUT2D eigenvalue weighted by Gasteiger charge is -2.38. The summed E-state index contributed by atoms with van der Waals surface area (Å²) in [5.74, 6) is -0.718. The molecule has 1 aliphatic rings. The minimum absolute atomic E-state index is 0.0417. The molecule has 1 fully saturated rings. The highest BCUT2D eigenvalue weighted by Gasteiger charge is 2.43. The Morgan fingerprint density at radius 2 is 1.68 bits per heavy atom. The van der Waals surface area contributed by atoms with Gasteiger partial charge in [-0.3, -0.25) is 9.59 Å². The second-order valence-corrected chi connectivity index (χ2v) is 15.6. The van der Waals surface area contributed by atoms with E-state index >= 15 is 0 Å². The molecule has 5 nitrogen and oxygen atoms in total. The first-order valence-electron chi connectivity index (χ1n) is 12.3. The lowest BCUT2D eigenvalue weighted by molar-refractivity contribution is -0.137. The molecule has 1 heterocycles. The Bertz CT molecular complexity index is 1110. The monoisotopic (exact) mass is 532 g/mol. The highest BCUT2D eigenvalue weighted by atomic mass is 28.4. The predicted octanol–water partition coefficient (Wildman–Crippen LogP) is 6.20. The molecule has 200 valence electrons. The van der Waals surface area contributed by atoms with Crippen molar-refractivity contribution in [1.82, 2.24) is 10.2 Å². The first kappa shape index (κ1) is 28.7. The Kier molecular flexibility index (Phi) is 8.69. The van der Waals surface area contributed by atoms with Gasteiger partial charge in [0.15, 0.2) is 8.32 Å². The van der Waals surface area contributed by atoms with Gasteiger partial charge >= 0.3 is 6.18 Å². The average Bonchev–Trinajstić information content (AvgIpc) is 3.24. The van der Waals surface area contributed by atoms with E-state index in [1.165, 1.54) is 24.3 Å². The maximum Gasteiger partial charge on any atom is 0.416 e. The molecule has 2 aromatic carbocycles. The van der Waals surface area contributed by atoms with Crippen LogP contribution in [0.5, 0.6) is 0 Å². The average molecular weight is 533 g/mol. The summed E-state index contributed by atoms with van der Waals surface area (Å²) in [6, 6.07) is 14.1. The zero-order valence-electron chi connectivity index (χ0n) is 21.9. The molecule has 0 unspecified atom stereocenters. The van der Waals surface area contributed by atoms with Crippen molar-refractivity contribution in [2.75, 3.05) is 13.1 Å². The summed E-state index contributed by atoms with van der Waals surface area (Å²) >= 11 is 0. The fourth-order valence-corrected chi connectivity index (χ4v) is 5.38. The Hall–Kier alpha value is -2.91. The fourth-order valence-electron chi connectivity index (χ4n) is 4.02. The van der Waals surface area contributed by atoms with Gasteiger partial charge in [0.1, 0.15) is 0 Å². The molecule has 37 heavy (non-hydrogen) atoms. The van der Waals surface area contributed by atoms with Crippen LogP contribution in [0.15, 0.2) is 60.7 Å². The van der Waals surface area contributed by atoms with Crippen molar-refractivity contribution in [2.45, 2.75) is 63.6 Å². The molecule has 1 aliphatic heterocycles. The third-order valence-corrected chi connectivity index (χ3v) is 11.6. The number of amides is 2. The van der Waals surface area contributed by atoms with Gasteiger partial charge < -0.3 is 14.6 Å². The molecular weight excluding hydrogens is 497 g/mol. The minimum Gasteiger partial charge on any atom is -0.412 e. The first-order chi connectivity index (χ1) is 17.2. The number of benzene rings is 2. The smallest absolute Gasteiger partial charge is 0.412 e. The second kappa shape index (κ2) is 11.2. The number of nitrogens with one attached hydrogen (secondary N) is 1. The number of hydrogen-bond donors (Lipinski definition) is 1. The molecule has 9 heteroatoms. The molecule has 0 saturated carbocycles. The first-order valence-corrected chi connectivity index (χ1v) is 15.2. The van der Waals surface area contributed by atoms with Crippen LogP contribution in [0.2, 0.25) is 18.1 Å². The molecule has 1 N–H and O–H groups in total. The molecule has 0 spiro atoms. The van der Waals surface area contributed by atoms with Crippen molar-refractivity contribution < 1.29 is 27.2 Å². The molecule has 0 bridgehead atoms. The van der Waals surface area contributed by atoms with Gasteiger partial charge in [0.25, 0.3) is 0 Å². The van der Waals surface area contributed by atoms with Gasteiger partial charge in [0, 0.05) is 12.6 Å². The van der Waals surface area contributed by atoms with Crippen molar-refractivity contribution in [2.24, 2.45) is 0 Å². The van der Waals surface area contributed by atoms with E-state index in [9.17, 15) is 22.8 Å². The summed E-state index contributed by atoms with van der Waals surface area (Å²) in [6.45, 7) is 11.2. The van der Waals surface area contributed by atoms with E-state index in [1.54, 1.807) is 4.90 Å². The normalized spacial score (nSPS) is 18.9. The molecule has 1 saturated heterocycles. The second-order valence-electron chi connectivity index (χ2n) is 10.9. The Morgan fingerprint density at radius 1 is 1.05 bits per heavy atom. The van der Waals surface area contributed by atoms with E-state index in [0.717, 1.165) is 17.7 Å². The van der Waals surface area contributed by atoms with Gasteiger partial charge in [-0.15, -0.1) is 0 Å². The summed E-state index contributed by atoms with van der Waals surface area (Å²) in [7, 11) is -2.04. The number of carbonyl (C=O) groups is 2. The molecular formula is C28H35F3N2O3Si. The van der Waals surface area contributed by atoms with Gasteiger partial charge in [-0.2, -0.15) is 13.2 Å². The molecule has 2 amide bonds. The van der Waals surface area contributed by atoms with E-state index in [1.807, 2.05) is 30.3 Å². The molecule has 2 atom stereocenters. The van der Waals surface area contributed by atoms with Gasteiger partial charge in [-0.25, -0.2) is 0 Å². The molecule has 0 aromatic heterocycles. The third-order valence-electron chi connectivity index (χ3n) is 7.11. The number of alkyl halides is 3. The maximum absolute atomic E-state index is 13.2. The topological polar surface area (TPSA) is 58.6 Å². The zero-order valence-corrected chi connectivity index (χ0v) is 22.9. The minimum atomic E-state index is -4.41. The highest BCUT2D eigenvalue weighted by Crippen LogP contribution is 2.41. The van der Waals surface area contributed by atoms with Crippen LogP contribution in [-0.4, -0.2) is 44.2 Å². The van der Waals surface area contributed by atoms with Crippen molar-refractivity contribution in [3.8, 4) is 0 Å². The molecule has 0 radical (unpaired) electrons. The van der Waals surface area contributed by atoms with Crippen LogP contribution in [0.25, 0.3) is 6.08 Å². The molecule has 0 aliphatic carbocycles. The van der Waals surface area contributed by atoms with Gasteiger partial charge in [0.05, 0.1) is 24.3 Å². The van der Waals surface area contributed by atoms with Crippen LogP contribution in [0.1, 0.15) is 49.9 Å². The SMILES string of the molecule is CC(C)(C)[Si](C)(C)O[C@@H]1C[C@H](c2ccccc2)N(C(=O)CNC(=O)/C=C/c2ccc(C(F)(F)F)cc2)C1. The number of halogens is 3. The van der Waals surface area contributed by atoms with Crippen LogP contribution in [0.3, 0.4) is 0 Å². The van der Waals surface area contributed by atoms with Crippen molar-refractivity contribution in [1.29, 1.82) is 0 Å². The third kappa shape index (κ3) is 7.55. The summed E-state index contributed by atoms with van der Waals surface area (Å²) in [5.41, 5.74) is 0.712. The lowest BCUT2D eigenvalue weighted by atomic mass is 10.0. The number of nitrogens with zero attached hydrogens (tertiary/aromatic N) is 1. The predicted molar refractivity (Wildman–Crippen MR) is 141 cm³/mol. The van der Waals surface area contributed by atoms with Crippen LogP contribution in [0, 0.1) is 0 Å². The summed E-state index contributed by atoms with van der Waals surface area (Å²) < 4.78 is 44.7.